The minimum atomic E-state index is -1.63. The van der Waals surface area contributed by atoms with Crippen LogP contribution in [0.5, 0.6) is 0 Å². The van der Waals surface area contributed by atoms with Gasteiger partial charge in [-0.25, -0.2) is 4.79 Å². The van der Waals surface area contributed by atoms with E-state index < -0.39 is 18.2 Å². The average Bonchev–Trinajstić information content (AvgIpc) is 1.80. The molecule has 0 aromatic carbocycles. The first kappa shape index (κ1) is 7.47. The lowest BCUT2D eigenvalue weighted by Crippen LogP contribution is -2.51. The zero-order chi connectivity index (χ0) is 7.78. The Kier molecular flexibility index (Phi) is 1.64. The van der Waals surface area contributed by atoms with E-state index in [9.17, 15) is 9.18 Å². The smallest absolute Gasteiger partial charge is 0.335 e. The molecule has 1 rings (SSSR count). The van der Waals surface area contributed by atoms with Crippen LogP contribution in [0.25, 0.3) is 0 Å². The SMILES string of the molecule is O=C(O)C1(O)CC(CF)C1. The molecular weight excluding hydrogens is 139 g/mol. The van der Waals surface area contributed by atoms with Gasteiger partial charge in [-0.1, -0.05) is 0 Å². The first-order valence-electron chi connectivity index (χ1n) is 3.10. The average molecular weight is 148 g/mol. The zero-order valence-corrected chi connectivity index (χ0v) is 5.38. The molecule has 0 unspecified atom stereocenters. The summed E-state index contributed by atoms with van der Waals surface area (Å²) >= 11 is 0. The first-order chi connectivity index (χ1) is 4.58. The summed E-state index contributed by atoms with van der Waals surface area (Å²) in [4.78, 5) is 10.2. The van der Waals surface area contributed by atoms with E-state index in [1.54, 1.807) is 0 Å². The van der Waals surface area contributed by atoms with Crippen molar-refractivity contribution in [2.45, 2.75) is 18.4 Å². The number of aliphatic carboxylic acids is 1. The van der Waals surface area contributed by atoms with Crippen LogP contribution in [0.1, 0.15) is 12.8 Å². The van der Waals surface area contributed by atoms with E-state index in [1.165, 1.54) is 0 Å². The largest absolute Gasteiger partial charge is 0.479 e. The predicted molar refractivity (Wildman–Crippen MR) is 31.3 cm³/mol. The van der Waals surface area contributed by atoms with Crippen molar-refractivity contribution in [1.82, 2.24) is 0 Å². The van der Waals surface area contributed by atoms with Gasteiger partial charge >= 0.3 is 5.97 Å². The molecule has 0 aliphatic heterocycles. The van der Waals surface area contributed by atoms with E-state index in [2.05, 4.69) is 0 Å². The van der Waals surface area contributed by atoms with Gasteiger partial charge in [0.15, 0.2) is 5.60 Å². The molecule has 10 heavy (non-hydrogen) atoms. The summed E-state index contributed by atoms with van der Waals surface area (Å²) in [6.45, 7) is -0.532. The summed E-state index contributed by atoms with van der Waals surface area (Å²) in [7, 11) is 0. The van der Waals surface area contributed by atoms with E-state index in [0.717, 1.165) is 0 Å². The molecule has 0 bridgehead atoms. The molecule has 0 heterocycles. The number of carboxylic acids is 1. The van der Waals surface area contributed by atoms with E-state index in [4.69, 9.17) is 10.2 Å². The maximum absolute atomic E-state index is 11.7. The van der Waals surface area contributed by atoms with Crippen molar-refractivity contribution in [2.75, 3.05) is 6.67 Å². The highest BCUT2D eigenvalue weighted by molar-refractivity contribution is 5.78. The number of alkyl halides is 1. The van der Waals surface area contributed by atoms with Gasteiger partial charge in [0.2, 0.25) is 0 Å². The standard InChI is InChI=1S/C6H9FO3/c7-3-4-1-6(10,2-4)5(8)9/h4,10H,1-3H2,(H,8,9). The van der Waals surface area contributed by atoms with Crippen LogP contribution in [-0.4, -0.2) is 28.5 Å². The van der Waals surface area contributed by atoms with Crippen molar-refractivity contribution in [2.24, 2.45) is 5.92 Å². The van der Waals surface area contributed by atoms with Gasteiger partial charge in [0, 0.05) is 0 Å². The third-order valence-corrected chi connectivity index (χ3v) is 1.87. The number of carbonyl (C=O) groups is 1. The second-order valence-electron chi connectivity index (χ2n) is 2.77. The number of rotatable bonds is 2. The van der Waals surface area contributed by atoms with Crippen LogP contribution in [-0.2, 0) is 4.79 Å². The van der Waals surface area contributed by atoms with Crippen molar-refractivity contribution in [1.29, 1.82) is 0 Å². The quantitative estimate of drug-likeness (QED) is 0.587. The molecular formula is C6H9FO3. The molecule has 4 heteroatoms. The lowest BCUT2D eigenvalue weighted by atomic mass is 9.72. The van der Waals surface area contributed by atoms with Crippen molar-refractivity contribution < 1.29 is 19.4 Å². The van der Waals surface area contributed by atoms with Crippen molar-refractivity contribution >= 4 is 5.97 Å². The van der Waals surface area contributed by atoms with Gasteiger partial charge < -0.3 is 10.2 Å². The fourth-order valence-electron chi connectivity index (χ4n) is 1.18. The topological polar surface area (TPSA) is 57.5 Å². The summed E-state index contributed by atoms with van der Waals surface area (Å²) in [5, 5.41) is 17.4. The van der Waals surface area contributed by atoms with Gasteiger partial charge in [-0.2, -0.15) is 0 Å². The minimum Gasteiger partial charge on any atom is -0.479 e. The molecule has 0 aromatic rings. The monoisotopic (exact) mass is 148 g/mol. The van der Waals surface area contributed by atoms with Crippen molar-refractivity contribution in [3.8, 4) is 0 Å². The lowest BCUT2D eigenvalue weighted by molar-refractivity contribution is -0.174. The second-order valence-corrected chi connectivity index (χ2v) is 2.77. The lowest BCUT2D eigenvalue weighted by Gasteiger charge is -2.38. The Labute approximate surface area is 57.5 Å². The fraction of sp³-hybridized carbons (Fsp3) is 0.833. The Balaban J connectivity index is 2.42. The van der Waals surface area contributed by atoms with Crippen LogP contribution in [0.2, 0.25) is 0 Å². The molecule has 3 nitrogen and oxygen atoms in total. The van der Waals surface area contributed by atoms with Crippen LogP contribution < -0.4 is 0 Å². The molecule has 0 amide bonds. The van der Waals surface area contributed by atoms with E-state index >= 15 is 0 Å². The van der Waals surface area contributed by atoms with Gasteiger partial charge in [0.1, 0.15) is 0 Å². The summed E-state index contributed by atoms with van der Waals surface area (Å²) in [6.07, 6.45) is 0.109. The Morgan fingerprint density at radius 3 is 2.50 bits per heavy atom. The Hall–Kier alpha value is -0.640. The third-order valence-electron chi connectivity index (χ3n) is 1.87. The highest BCUT2D eigenvalue weighted by Gasteiger charge is 2.48. The third kappa shape index (κ3) is 0.988. The highest BCUT2D eigenvalue weighted by atomic mass is 19.1. The Morgan fingerprint density at radius 2 is 2.20 bits per heavy atom. The van der Waals surface area contributed by atoms with Crippen molar-refractivity contribution in [3.63, 3.8) is 0 Å². The van der Waals surface area contributed by atoms with E-state index in [1.807, 2.05) is 0 Å². The van der Waals surface area contributed by atoms with Crippen molar-refractivity contribution in [3.05, 3.63) is 0 Å². The number of carboxylic acid groups (broad SMARTS) is 1. The predicted octanol–water partition coefficient (Wildman–Crippen LogP) is 0.182. The Bertz CT molecular complexity index is 151. The summed E-state index contributed by atoms with van der Waals surface area (Å²) in [5.74, 6) is -1.49. The Morgan fingerprint density at radius 1 is 1.70 bits per heavy atom. The van der Waals surface area contributed by atoms with Crippen LogP contribution >= 0.6 is 0 Å². The zero-order valence-electron chi connectivity index (χ0n) is 5.38. The normalized spacial score (nSPS) is 38.8. The van der Waals surface area contributed by atoms with Gasteiger partial charge in [-0.05, 0) is 18.8 Å². The highest BCUT2D eigenvalue weighted by Crippen LogP contribution is 2.37. The number of aliphatic hydroxyl groups is 1. The molecule has 2 N–H and O–H groups in total. The molecule has 0 saturated heterocycles. The minimum absolute atomic E-state index is 0.0544. The van der Waals surface area contributed by atoms with Crippen LogP contribution in [0, 0.1) is 5.92 Å². The number of hydrogen-bond acceptors (Lipinski definition) is 2. The van der Waals surface area contributed by atoms with Gasteiger partial charge in [-0.15, -0.1) is 0 Å². The molecule has 1 aliphatic carbocycles. The molecule has 1 aliphatic rings. The van der Waals surface area contributed by atoms with Crippen LogP contribution in [0.15, 0.2) is 0 Å². The molecule has 0 radical (unpaired) electrons. The van der Waals surface area contributed by atoms with Gasteiger partial charge in [0.25, 0.3) is 0 Å². The maximum atomic E-state index is 11.7. The first-order valence-corrected chi connectivity index (χ1v) is 3.10. The molecule has 0 aromatic heterocycles. The summed E-state index contributed by atoms with van der Waals surface area (Å²) in [6, 6.07) is 0. The summed E-state index contributed by atoms with van der Waals surface area (Å²) in [5.41, 5.74) is -1.63. The van der Waals surface area contributed by atoms with Crippen LogP contribution in [0.4, 0.5) is 4.39 Å². The maximum Gasteiger partial charge on any atom is 0.335 e. The molecule has 1 saturated carbocycles. The van der Waals surface area contributed by atoms with Gasteiger partial charge in [-0.3, -0.25) is 4.39 Å². The fourth-order valence-corrected chi connectivity index (χ4v) is 1.18. The molecule has 0 spiro atoms. The molecule has 0 atom stereocenters. The second kappa shape index (κ2) is 2.20. The molecule has 1 fully saturated rings. The van der Waals surface area contributed by atoms with E-state index in [-0.39, 0.29) is 18.8 Å². The molecule has 58 valence electrons. The number of hydrogen-bond donors (Lipinski definition) is 2. The number of halogens is 1. The van der Waals surface area contributed by atoms with E-state index in [0.29, 0.717) is 0 Å². The van der Waals surface area contributed by atoms with Crippen LogP contribution in [0.3, 0.4) is 0 Å². The summed E-state index contributed by atoms with van der Waals surface area (Å²) < 4.78 is 11.7. The van der Waals surface area contributed by atoms with Gasteiger partial charge in [0.05, 0.1) is 6.67 Å².